The van der Waals surface area contributed by atoms with Crippen molar-refractivity contribution in [2.24, 2.45) is 29.1 Å². The Hall–Kier alpha value is -2.06. The van der Waals surface area contributed by atoms with Crippen LogP contribution in [0.5, 0.6) is 5.75 Å². The van der Waals surface area contributed by atoms with E-state index in [1.54, 1.807) is 4.90 Å². The van der Waals surface area contributed by atoms with Crippen LogP contribution in [0.25, 0.3) is 0 Å². The first kappa shape index (κ1) is 20.8. The lowest BCUT2D eigenvalue weighted by molar-refractivity contribution is -0.110. The zero-order chi connectivity index (χ0) is 21.4. The number of nitriles is 1. The number of hydrogen-bond donors (Lipinski definition) is 2. The van der Waals surface area contributed by atoms with E-state index < -0.39 is 0 Å². The predicted molar refractivity (Wildman–Crippen MR) is 120 cm³/mol. The Balaban J connectivity index is 1.29. The molecule has 4 bridgehead atoms. The van der Waals surface area contributed by atoms with Gasteiger partial charge in [-0.25, -0.2) is 0 Å². The van der Waals surface area contributed by atoms with E-state index in [1.807, 2.05) is 24.3 Å². The molecule has 6 rings (SSSR count). The second-order valence-electron chi connectivity index (χ2n) is 10.8. The van der Waals surface area contributed by atoms with E-state index in [4.69, 9.17) is 10.1 Å². The van der Waals surface area contributed by atoms with Crippen molar-refractivity contribution in [1.29, 1.82) is 10.7 Å². The van der Waals surface area contributed by atoms with E-state index in [0.29, 0.717) is 29.5 Å². The number of hydrogen-bond acceptors (Lipinski definition) is 4. The monoisotopic (exact) mass is 421 g/mol. The summed E-state index contributed by atoms with van der Waals surface area (Å²) >= 11 is 0. The van der Waals surface area contributed by atoms with Crippen molar-refractivity contribution < 1.29 is 9.84 Å². The molecule has 2 atom stereocenters. The van der Waals surface area contributed by atoms with Gasteiger partial charge >= 0.3 is 0 Å². The first-order valence-electron chi connectivity index (χ1n) is 12.2. The lowest BCUT2D eigenvalue weighted by Gasteiger charge is -2.60. The second kappa shape index (κ2) is 8.47. The largest absolute Gasteiger partial charge is 0.493 e. The van der Waals surface area contributed by atoms with Gasteiger partial charge in [0.2, 0.25) is 0 Å². The first-order chi connectivity index (χ1) is 15.1. The molecule has 0 spiro atoms. The van der Waals surface area contributed by atoms with Crippen molar-refractivity contribution in [3.8, 4) is 11.9 Å². The molecular weight excluding hydrogens is 386 g/mol. The van der Waals surface area contributed by atoms with E-state index in [0.717, 1.165) is 50.0 Å². The number of nitrogens with zero attached hydrogens (tertiary/aromatic N) is 2. The molecule has 0 amide bonds. The Morgan fingerprint density at radius 3 is 2.58 bits per heavy atom. The Kier molecular flexibility index (Phi) is 5.69. The summed E-state index contributed by atoms with van der Waals surface area (Å²) in [4.78, 5) is 1.68. The molecule has 2 unspecified atom stereocenters. The highest BCUT2D eigenvalue weighted by Crippen LogP contribution is 2.60. The van der Waals surface area contributed by atoms with Crippen LogP contribution < -0.4 is 4.74 Å². The fourth-order valence-corrected chi connectivity index (χ4v) is 7.49. The van der Waals surface area contributed by atoms with Gasteiger partial charge in [-0.15, -0.1) is 0 Å². The molecule has 0 radical (unpaired) electrons. The molecule has 0 aromatic heterocycles. The molecule has 5 fully saturated rings. The standard InChI is InChI=1S/C26H35N3O2/c27-17-29(24-21-9-19-10-22(24)14-26(12-19,13-21)16-30)25(28)20-7-4-8-23(11-20)31-15-18-5-2-1-3-6-18/h4,7-8,11,18-19,21-22,24,28,30H,1-3,5-6,9-10,12-16H2. The summed E-state index contributed by atoms with van der Waals surface area (Å²) in [5, 5.41) is 29.0. The van der Waals surface area contributed by atoms with Crippen molar-refractivity contribution in [2.45, 2.75) is 70.3 Å². The van der Waals surface area contributed by atoms with Crippen LogP contribution in [-0.4, -0.2) is 35.1 Å². The summed E-state index contributed by atoms with van der Waals surface area (Å²) in [5.74, 6) is 3.23. The minimum atomic E-state index is 0.0726. The van der Waals surface area contributed by atoms with Gasteiger partial charge in [-0.3, -0.25) is 10.3 Å². The van der Waals surface area contributed by atoms with E-state index in [1.165, 1.54) is 32.1 Å². The zero-order valence-corrected chi connectivity index (χ0v) is 18.4. The molecule has 5 nitrogen and oxygen atoms in total. The number of nitrogens with one attached hydrogen (secondary N) is 1. The molecule has 1 aromatic rings. The maximum atomic E-state index is 10.1. The predicted octanol–water partition coefficient (Wildman–Crippen LogP) is 4.94. The van der Waals surface area contributed by atoms with Crippen molar-refractivity contribution in [2.75, 3.05) is 13.2 Å². The molecule has 5 aliphatic rings. The topological polar surface area (TPSA) is 80.3 Å². The van der Waals surface area contributed by atoms with E-state index in [-0.39, 0.29) is 18.1 Å². The molecule has 0 aliphatic heterocycles. The third kappa shape index (κ3) is 3.96. The van der Waals surface area contributed by atoms with Gasteiger partial charge in [0.1, 0.15) is 11.6 Å². The Morgan fingerprint density at radius 1 is 1.16 bits per heavy atom. The minimum Gasteiger partial charge on any atom is -0.493 e. The highest BCUT2D eigenvalue weighted by molar-refractivity contribution is 5.98. The van der Waals surface area contributed by atoms with Crippen LogP contribution in [0, 0.1) is 46.0 Å². The first-order valence-corrected chi connectivity index (χ1v) is 12.2. The van der Waals surface area contributed by atoms with E-state index in [2.05, 4.69) is 6.19 Å². The molecule has 0 heterocycles. The van der Waals surface area contributed by atoms with Crippen LogP contribution in [0.1, 0.15) is 69.8 Å². The Labute approximate surface area is 185 Å². The summed E-state index contributed by atoms with van der Waals surface area (Å²) in [6, 6.07) is 7.85. The minimum absolute atomic E-state index is 0.0726. The van der Waals surface area contributed by atoms with Gasteiger partial charge in [0, 0.05) is 12.2 Å². The quantitative estimate of drug-likeness (QED) is 0.295. The van der Waals surface area contributed by atoms with Crippen LogP contribution in [0.2, 0.25) is 0 Å². The van der Waals surface area contributed by atoms with E-state index in [9.17, 15) is 10.4 Å². The van der Waals surface area contributed by atoms with Gasteiger partial charge in [-0.2, -0.15) is 5.26 Å². The SMILES string of the molecule is N#CN(C(=N)c1cccc(OCC2CCCCC2)c1)C1C2CC3CC1CC(CO)(C3)C2. The molecule has 5 saturated carbocycles. The van der Waals surface area contributed by atoms with Gasteiger partial charge in [-0.05, 0) is 86.2 Å². The van der Waals surface area contributed by atoms with Crippen LogP contribution in [0.15, 0.2) is 24.3 Å². The molecule has 2 N–H and O–H groups in total. The molecule has 0 saturated heterocycles. The lowest BCUT2D eigenvalue weighted by Crippen LogP contribution is -2.60. The normalized spacial score (nSPS) is 34.3. The molecular formula is C26H35N3O2. The number of rotatable bonds is 6. The van der Waals surface area contributed by atoms with Gasteiger partial charge in [-0.1, -0.05) is 31.4 Å². The molecule has 5 heteroatoms. The number of aliphatic hydroxyl groups is 1. The summed E-state index contributed by atoms with van der Waals surface area (Å²) in [6.07, 6.45) is 14.2. The van der Waals surface area contributed by atoms with Gasteiger partial charge < -0.3 is 9.84 Å². The van der Waals surface area contributed by atoms with Gasteiger partial charge in [0.25, 0.3) is 0 Å². The van der Waals surface area contributed by atoms with Crippen LogP contribution in [-0.2, 0) is 0 Å². The average Bonchev–Trinajstić information content (AvgIpc) is 2.80. The van der Waals surface area contributed by atoms with Crippen LogP contribution in [0.3, 0.4) is 0 Å². The van der Waals surface area contributed by atoms with Crippen molar-refractivity contribution in [3.63, 3.8) is 0 Å². The van der Waals surface area contributed by atoms with Crippen LogP contribution >= 0.6 is 0 Å². The number of ether oxygens (including phenoxy) is 1. The summed E-state index contributed by atoms with van der Waals surface area (Å²) < 4.78 is 6.09. The third-order valence-electron chi connectivity index (χ3n) is 8.65. The third-order valence-corrected chi connectivity index (χ3v) is 8.65. The summed E-state index contributed by atoms with van der Waals surface area (Å²) in [6.45, 7) is 1.02. The van der Waals surface area contributed by atoms with Gasteiger partial charge in [0.15, 0.2) is 6.19 Å². The highest BCUT2D eigenvalue weighted by atomic mass is 16.5. The number of aliphatic hydroxyl groups excluding tert-OH is 1. The fourth-order valence-electron chi connectivity index (χ4n) is 7.49. The van der Waals surface area contributed by atoms with Crippen molar-refractivity contribution in [1.82, 2.24) is 4.90 Å². The lowest BCUT2D eigenvalue weighted by atomic mass is 9.48. The Morgan fingerprint density at radius 2 is 1.90 bits per heavy atom. The number of amidine groups is 1. The molecule has 166 valence electrons. The summed E-state index contributed by atoms with van der Waals surface area (Å²) in [7, 11) is 0. The average molecular weight is 422 g/mol. The Bertz CT molecular complexity index is 840. The summed E-state index contributed by atoms with van der Waals surface area (Å²) in [5.41, 5.74) is 0.830. The fraction of sp³-hybridized carbons (Fsp3) is 0.692. The van der Waals surface area contributed by atoms with E-state index >= 15 is 0 Å². The molecule has 1 aromatic carbocycles. The smallest absolute Gasteiger partial charge is 0.185 e. The van der Waals surface area contributed by atoms with Crippen molar-refractivity contribution >= 4 is 5.84 Å². The van der Waals surface area contributed by atoms with Gasteiger partial charge in [0.05, 0.1) is 12.6 Å². The molecule has 5 aliphatic carbocycles. The van der Waals surface area contributed by atoms with Crippen molar-refractivity contribution in [3.05, 3.63) is 29.8 Å². The van der Waals surface area contributed by atoms with Crippen LogP contribution in [0.4, 0.5) is 0 Å². The maximum Gasteiger partial charge on any atom is 0.185 e. The second-order valence-corrected chi connectivity index (χ2v) is 10.8. The number of benzene rings is 1. The zero-order valence-electron chi connectivity index (χ0n) is 18.4. The molecule has 31 heavy (non-hydrogen) atoms. The maximum absolute atomic E-state index is 10.1. The highest BCUT2D eigenvalue weighted by Gasteiger charge is 2.57.